The molecule has 1 N–H and O–H groups in total. The van der Waals surface area contributed by atoms with Crippen molar-refractivity contribution in [3.63, 3.8) is 0 Å². The first-order valence-corrected chi connectivity index (χ1v) is 3.51. The summed E-state index contributed by atoms with van der Waals surface area (Å²) in [5.74, 6) is 0.417. The molecule has 1 aliphatic rings. The molecular formula is C7H10N2O. The van der Waals surface area contributed by atoms with E-state index in [2.05, 4.69) is 5.32 Å². The largest absolute Gasteiger partial charge is 0.274 e. The smallest absolute Gasteiger partial charge is 0.233 e. The predicted molar refractivity (Wildman–Crippen MR) is 35.7 cm³/mol. The van der Waals surface area contributed by atoms with Crippen LogP contribution < -0.4 is 5.32 Å². The highest BCUT2D eigenvalue weighted by Gasteiger charge is 2.19. The number of nitrogens with one attached hydrogen (secondary N) is 1. The van der Waals surface area contributed by atoms with Gasteiger partial charge >= 0.3 is 0 Å². The lowest BCUT2D eigenvalue weighted by molar-refractivity contribution is -0.121. The van der Waals surface area contributed by atoms with Gasteiger partial charge in [-0.05, 0) is 18.8 Å². The molecular weight excluding hydrogens is 128 g/mol. The van der Waals surface area contributed by atoms with Gasteiger partial charge in [0, 0.05) is 6.42 Å². The number of carbonyl (C=O) groups excluding carboxylic acids is 1. The lowest BCUT2D eigenvalue weighted by Crippen LogP contribution is -2.23. The van der Waals surface area contributed by atoms with Gasteiger partial charge in [-0.3, -0.25) is 10.1 Å². The monoisotopic (exact) mass is 138 g/mol. The third-order valence-electron chi connectivity index (χ3n) is 1.89. The van der Waals surface area contributed by atoms with Crippen molar-refractivity contribution < 1.29 is 4.79 Å². The molecule has 54 valence electrons. The van der Waals surface area contributed by atoms with Crippen LogP contribution in [0.3, 0.4) is 0 Å². The minimum absolute atomic E-state index is 0.132. The van der Waals surface area contributed by atoms with Crippen LogP contribution in [0, 0.1) is 17.4 Å². The van der Waals surface area contributed by atoms with Gasteiger partial charge in [0.05, 0.1) is 0 Å². The maximum atomic E-state index is 10.7. The average Bonchev–Trinajstić information content (AvgIpc) is 1.80. The number of carbonyl (C=O) groups is 1. The molecule has 3 nitrogen and oxygen atoms in total. The highest BCUT2D eigenvalue weighted by atomic mass is 16.1. The van der Waals surface area contributed by atoms with E-state index >= 15 is 0 Å². The highest BCUT2D eigenvalue weighted by Crippen LogP contribution is 2.28. The summed E-state index contributed by atoms with van der Waals surface area (Å²) in [6.07, 6.45) is 5.70. The fourth-order valence-electron chi connectivity index (χ4n) is 1.07. The van der Waals surface area contributed by atoms with Crippen molar-refractivity contribution in [1.82, 2.24) is 5.32 Å². The van der Waals surface area contributed by atoms with Crippen LogP contribution >= 0.6 is 0 Å². The van der Waals surface area contributed by atoms with E-state index in [9.17, 15) is 4.79 Å². The molecule has 0 bridgehead atoms. The van der Waals surface area contributed by atoms with Crippen LogP contribution in [0.4, 0.5) is 0 Å². The maximum absolute atomic E-state index is 10.7. The first kappa shape index (κ1) is 7.07. The Morgan fingerprint density at radius 2 is 2.40 bits per heavy atom. The summed E-state index contributed by atoms with van der Waals surface area (Å²) in [7, 11) is 0. The molecule has 1 amide bonds. The number of hydrogen-bond acceptors (Lipinski definition) is 2. The molecule has 3 heteroatoms. The zero-order valence-corrected chi connectivity index (χ0v) is 5.76. The van der Waals surface area contributed by atoms with Crippen molar-refractivity contribution in [2.24, 2.45) is 5.92 Å². The molecule has 0 aromatic rings. The quantitative estimate of drug-likeness (QED) is 0.452. The molecule has 0 saturated heterocycles. The second kappa shape index (κ2) is 3.21. The Kier molecular flexibility index (Phi) is 2.27. The minimum Gasteiger partial charge on any atom is -0.274 e. The van der Waals surface area contributed by atoms with Gasteiger partial charge in [0.15, 0.2) is 6.19 Å². The van der Waals surface area contributed by atoms with Crippen LogP contribution in [-0.2, 0) is 4.79 Å². The number of nitrogens with zero attached hydrogens (tertiary/aromatic N) is 1. The Balaban J connectivity index is 2.12. The number of amides is 1. The van der Waals surface area contributed by atoms with E-state index in [0.29, 0.717) is 12.3 Å². The molecule has 0 heterocycles. The molecule has 1 rings (SSSR count). The van der Waals surface area contributed by atoms with Gasteiger partial charge in [0.1, 0.15) is 0 Å². The van der Waals surface area contributed by atoms with Gasteiger partial charge in [-0.2, -0.15) is 5.26 Å². The van der Waals surface area contributed by atoms with E-state index in [0.717, 1.165) is 12.8 Å². The Labute approximate surface area is 60.0 Å². The first-order valence-electron chi connectivity index (χ1n) is 3.51. The summed E-state index contributed by atoms with van der Waals surface area (Å²) in [6.45, 7) is 0. The predicted octanol–water partition coefficient (Wildman–Crippen LogP) is 0.774. The molecule has 1 fully saturated rings. The summed E-state index contributed by atoms with van der Waals surface area (Å²) in [5.41, 5.74) is 0. The summed E-state index contributed by atoms with van der Waals surface area (Å²) in [5, 5.41) is 10.2. The Morgan fingerprint density at radius 3 is 2.80 bits per heavy atom. The van der Waals surface area contributed by atoms with Crippen molar-refractivity contribution in [2.45, 2.75) is 25.7 Å². The zero-order valence-electron chi connectivity index (χ0n) is 5.76. The topological polar surface area (TPSA) is 52.9 Å². The van der Waals surface area contributed by atoms with E-state index < -0.39 is 0 Å². The summed E-state index contributed by atoms with van der Waals surface area (Å²) < 4.78 is 0. The molecule has 0 unspecified atom stereocenters. The number of nitriles is 1. The van der Waals surface area contributed by atoms with Gasteiger partial charge in [0.2, 0.25) is 5.91 Å². The normalized spacial score (nSPS) is 17.1. The second-order valence-electron chi connectivity index (χ2n) is 2.66. The maximum Gasteiger partial charge on any atom is 0.233 e. The van der Waals surface area contributed by atoms with Gasteiger partial charge < -0.3 is 0 Å². The fourth-order valence-corrected chi connectivity index (χ4v) is 1.07. The van der Waals surface area contributed by atoms with E-state index in [1.807, 2.05) is 0 Å². The lowest BCUT2D eigenvalue weighted by atomic mass is 9.83. The van der Waals surface area contributed by atoms with Crippen molar-refractivity contribution in [1.29, 1.82) is 5.26 Å². The number of hydrogen-bond donors (Lipinski definition) is 1. The van der Waals surface area contributed by atoms with E-state index in [1.165, 1.54) is 6.42 Å². The Hall–Kier alpha value is -1.04. The molecule has 0 aromatic heterocycles. The third-order valence-corrected chi connectivity index (χ3v) is 1.89. The molecule has 0 atom stereocenters. The zero-order chi connectivity index (χ0) is 7.40. The van der Waals surface area contributed by atoms with E-state index in [-0.39, 0.29) is 5.91 Å². The fraction of sp³-hybridized carbons (Fsp3) is 0.714. The standard InChI is InChI=1S/C7H10N2O/c8-5-9-7(10)4-6-2-1-3-6/h6H,1-4H2,(H,9,10). The molecule has 10 heavy (non-hydrogen) atoms. The van der Waals surface area contributed by atoms with Crippen LogP contribution in [0.2, 0.25) is 0 Å². The molecule has 0 radical (unpaired) electrons. The Bertz CT molecular complexity index is 167. The van der Waals surface area contributed by atoms with E-state index in [1.54, 1.807) is 6.19 Å². The lowest BCUT2D eigenvalue weighted by Gasteiger charge is -2.23. The highest BCUT2D eigenvalue weighted by molar-refractivity contribution is 5.77. The van der Waals surface area contributed by atoms with Crippen LogP contribution in [0.1, 0.15) is 25.7 Å². The van der Waals surface area contributed by atoms with Gasteiger partial charge in [-0.25, -0.2) is 0 Å². The van der Waals surface area contributed by atoms with Crippen molar-refractivity contribution >= 4 is 5.91 Å². The summed E-state index contributed by atoms with van der Waals surface area (Å²) in [6, 6.07) is 0. The van der Waals surface area contributed by atoms with E-state index in [4.69, 9.17) is 5.26 Å². The molecule has 0 aromatic carbocycles. The van der Waals surface area contributed by atoms with Gasteiger partial charge in [0.25, 0.3) is 0 Å². The second-order valence-corrected chi connectivity index (χ2v) is 2.66. The Morgan fingerprint density at radius 1 is 1.70 bits per heavy atom. The van der Waals surface area contributed by atoms with Crippen LogP contribution in [0.15, 0.2) is 0 Å². The molecule has 0 aliphatic heterocycles. The van der Waals surface area contributed by atoms with Crippen molar-refractivity contribution in [3.8, 4) is 6.19 Å². The first-order chi connectivity index (χ1) is 4.83. The van der Waals surface area contributed by atoms with Crippen LogP contribution in [0.25, 0.3) is 0 Å². The minimum atomic E-state index is -0.132. The molecule has 0 spiro atoms. The van der Waals surface area contributed by atoms with Crippen LogP contribution in [-0.4, -0.2) is 5.91 Å². The SMILES string of the molecule is N#CNC(=O)CC1CCC1. The number of rotatable bonds is 2. The summed E-state index contributed by atoms with van der Waals surface area (Å²) in [4.78, 5) is 10.7. The average molecular weight is 138 g/mol. The van der Waals surface area contributed by atoms with Crippen molar-refractivity contribution in [3.05, 3.63) is 0 Å². The van der Waals surface area contributed by atoms with Gasteiger partial charge in [-0.1, -0.05) is 6.42 Å². The third kappa shape index (κ3) is 1.73. The molecule has 1 aliphatic carbocycles. The van der Waals surface area contributed by atoms with Gasteiger partial charge in [-0.15, -0.1) is 0 Å². The summed E-state index contributed by atoms with van der Waals surface area (Å²) >= 11 is 0. The van der Waals surface area contributed by atoms with Crippen molar-refractivity contribution in [2.75, 3.05) is 0 Å². The molecule has 1 saturated carbocycles. The van der Waals surface area contributed by atoms with Crippen LogP contribution in [0.5, 0.6) is 0 Å².